The smallest absolute Gasteiger partial charge is 0.408 e. The molecule has 0 aliphatic carbocycles. The Balaban J connectivity index is 2.61. The van der Waals surface area contributed by atoms with Crippen LogP contribution in [0.2, 0.25) is 0 Å². The van der Waals surface area contributed by atoms with Gasteiger partial charge >= 0.3 is 12.1 Å². The third kappa shape index (κ3) is 6.47. The van der Waals surface area contributed by atoms with Crippen LogP contribution in [0.4, 0.5) is 4.79 Å². The summed E-state index contributed by atoms with van der Waals surface area (Å²) < 4.78 is 10.2. The van der Waals surface area contributed by atoms with Gasteiger partial charge < -0.3 is 19.9 Å². The summed E-state index contributed by atoms with van der Waals surface area (Å²) in [5.41, 5.74) is 0.275. The fraction of sp³-hybridized carbons (Fsp3) is 0.500. The predicted octanol–water partition coefficient (Wildman–Crippen LogP) is 2.61. The van der Waals surface area contributed by atoms with Crippen LogP contribution in [0.15, 0.2) is 24.3 Å². The fourth-order valence-corrected chi connectivity index (χ4v) is 1.85. The van der Waals surface area contributed by atoms with Crippen LogP contribution in [-0.2, 0) is 16.0 Å². The van der Waals surface area contributed by atoms with Gasteiger partial charge in [-0.15, -0.1) is 0 Å². The molecule has 6 nitrogen and oxygen atoms in total. The molecule has 1 aromatic rings. The molecule has 2 N–H and O–H groups in total. The largest absolute Gasteiger partial charge is 0.497 e. The minimum absolute atomic E-state index is 0.266. The number of rotatable bonds is 6. The third-order valence-corrected chi connectivity index (χ3v) is 2.84. The van der Waals surface area contributed by atoms with Crippen LogP contribution in [0.1, 0.15) is 32.8 Å². The first-order valence-electron chi connectivity index (χ1n) is 7.06. The Hall–Kier alpha value is -2.24. The van der Waals surface area contributed by atoms with Gasteiger partial charge in [-0.1, -0.05) is 12.1 Å². The summed E-state index contributed by atoms with van der Waals surface area (Å²) in [7, 11) is 1.57. The number of amides is 1. The molecule has 1 unspecified atom stereocenters. The molecule has 0 heterocycles. The zero-order chi connectivity index (χ0) is 16.8. The Morgan fingerprint density at radius 3 is 2.55 bits per heavy atom. The van der Waals surface area contributed by atoms with Crippen molar-refractivity contribution in [3.63, 3.8) is 0 Å². The number of nitrogens with one attached hydrogen (secondary N) is 1. The minimum Gasteiger partial charge on any atom is -0.497 e. The summed E-state index contributed by atoms with van der Waals surface area (Å²) in [4.78, 5) is 22.9. The maximum absolute atomic E-state index is 11.7. The van der Waals surface area contributed by atoms with Gasteiger partial charge in [-0.25, -0.2) is 9.59 Å². The molecule has 0 aliphatic rings. The first-order chi connectivity index (χ1) is 10.2. The number of ether oxygens (including phenoxy) is 2. The molecule has 0 radical (unpaired) electrons. The number of carboxylic acids is 1. The van der Waals surface area contributed by atoms with Crippen molar-refractivity contribution in [2.45, 2.75) is 45.3 Å². The van der Waals surface area contributed by atoms with Crippen LogP contribution in [0, 0.1) is 0 Å². The van der Waals surface area contributed by atoms with Crippen molar-refractivity contribution >= 4 is 12.1 Å². The number of aryl methyl sites for hydroxylation is 1. The maximum Gasteiger partial charge on any atom is 0.408 e. The average Bonchev–Trinajstić information content (AvgIpc) is 2.41. The fourth-order valence-electron chi connectivity index (χ4n) is 1.85. The van der Waals surface area contributed by atoms with Gasteiger partial charge in [0.1, 0.15) is 17.4 Å². The lowest BCUT2D eigenvalue weighted by Gasteiger charge is -2.22. The summed E-state index contributed by atoms with van der Waals surface area (Å²) >= 11 is 0. The number of carbonyl (C=O) groups excluding carboxylic acids is 1. The molecule has 1 aromatic carbocycles. The van der Waals surface area contributed by atoms with Gasteiger partial charge in [-0.2, -0.15) is 0 Å². The summed E-state index contributed by atoms with van der Waals surface area (Å²) in [6.07, 6.45) is 0.0386. The summed E-state index contributed by atoms with van der Waals surface area (Å²) in [5.74, 6) is -0.377. The van der Waals surface area contributed by atoms with E-state index in [0.29, 0.717) is 12.2 Å². The molecule has 6 heteroatoms. The molecule has 22 heavy (non-hydrogen) atoms. The topological polar surface area (TPSA) is 84.9 Å². The monoisotopic (exact) mass is 309 g/mol. The number of aliphatic carboxylic acids is 1. The zero-order valence-electron chi connectivity index (χ0n) is 13.4. The molecule has 1 rings (SSSR count). The van der Waals surface area contributed by atoms with Crippen molar-refractivity contribution in [2.75, 3.05) is 7.11 Å². The molecule has 1 amide bonds. The van der Waals surface area contributed by atoms with Gasteiger partial charge in [-0.3, -0.25) is 0 Å². The van der Waals surface area contributed by atoms with Gasteiger partial charge in [0.05, 0.1) is 7.11 Å². The Bertz CT molecular complexity index is 522. The first kappa shape index (κ1) is 17.8. The van der Waals surface area contributed by atoms with Gasteiger partial charge in [0.2, 0.25) is 0 Å². The average molecular weight is 309 g/mol. The second-order valence-electron chi connectivity index (χ2n) is 5.93. The zero-order valence-corrected chi connectivity index (χ0v) is 13.4. The van der Waals surface area contributed by atoms with Crippen molar-refractivity contribution in [1.29, 1.82) is 0 Å². The highest BCUT2D eigenvalue weighted by Gasteiger charge is 2.23. The van der Waals surface area contributed by atoms with Crippen molar-refractivity contribution in [2.24, 2.45) is 0 Å². The summed E-state index contributed by atoms with van der Waals surface area (Å²) in [5, 5.41) is 11.6. The van der Waals surface area contributed by atoms with Crippen molar-refractivity contribution in [3.8, 4) is 5.75 Å². The Morgan fingerprint density at radius 2 is 2.00 bits per heavy atom. The van der Waals surface area contributed by atoms with Crippen LogP contribution >= 0.6 is 0 Å². The molecule has 0 spiro atoms. The van der Waals surface area contributed by atoms with E-state index >= 15 is 0 Å². The van der Waals surface area contributed by atoms with E-state index in [0.717, 1.165) is 5.56 Å². The summed E-state index contributed by atoms with van der Waals surface area (Å²) in [6, 6.07) is 6.38. The molecule has 0 fully saturated rings. The highest BCUT2D eigenvalue weighted by atomic mass is 16.6. The third-order valence-electron chi connectivity index (χ3n) is 2.84. The van der Waals surface area contributed by atoms with Gasteiger partial charge in [0.15, 0.2) is 0 Å². The van der Waals surface area contributed by atoms with Gasteiger partial charge in [0.25, 0.3) is 0 Å². The second kappa shape index (κ2) is 7.68. The van der Waals surface area contributed by atoms with E-state index in [1.54, 1.807) is 27.9 Å². The number of methoxy groups -OCH3 is 1. The number of carbonyl (C=O) groups is 2. The van der Waals surface area contributed by atoms with Crippen LogP contribution in [0.25, 0.3) is 0 Å². The summed E-state index contributed by atoms with van der Waals surface area (Å²) in [6.45, 7) is 5.16. The SMILES string of the molecule is COc1cccc(CCC(NC(=O)OC(C)(C)C)C(=O)O)c1. The predicted molar refractivity (Wildman–Crippen MR) is 82.1 cm³/mol. The number of carboxylic acid groups (broad SMARTS) is 1. The van der Waals surface area contributed by atoms with Crippen LogP contribution < -0.4 is 10.1 Å². The Morgan fingerprint density at radius 1 is 1.32 bits per heavy atom. The molecule has 0 saturated heterocycles. The molecule has 0 saturated carbocycles. The normalized spacial score (nSPS) is 12.4. The number of alkyl carbamates (subject to hydrolysis) is 1. The van der Waals surface area contributed by atoms with Crippen LogP contribution in [-0.4, -0.2) is 35.9 Å². The minimum atomic E-state index is -1.09. The second-order valence-corrected chi connectivity index (χ2v) is 5.93. The number of hydrogen-bond acceptors (Lipinski definition) is 4. The van der Waals surface area contributed by atoms with E-state index in [1.807, 2.05) is 24.3 Å². The molecule has 122 valence electrons. The lowest BCUT2D eigenvalue weighted by Crippen LogP contribution is -2.43. The molecule has 0 bridgehead atoms. The standard InChI is InChI=1S/C16H23NO5/c1-16(2,3)22-15(20)17-13(14(18)19)9-8-11-6-5-7-12(10-11)21-4/h5-7,10,13H,8-9H2,1-4H3,(H,17,20)(H,18,19). The van der Waals surface area contributed by atoms with E-state index in [4.69, 9.17) is 9.47 Å². The molecular weight excluding hydrogens is 286 g/mol. The van der Waals surface area contributed by atoms with Crippen molar-refractivity contribution in [3.05, 3.63) is 29.8 Å². The Kier molecular flexibility index (Phi) is 6.22. The van der Waals surface area contributed by atoms with Crippen LogP contribution in [0.5, 0.6) is 5.75 Å². The number of hydrogen-bond donors (Lipinski definition) is 2. The van der Waals surface area contributed by atoms with Crippen molar-refractivity contribution in [1.82, 2.24) is 5.32 Å². The molecular formula is C16H23NO5. The van der Waals surface area contributed by atoms with E-state index < -0.39 is 23.7 Å². The molecule has 0 aromatic heterocycles. The number of benzene rings is 1. The van der Waals surface area contributed by atoms with E-state index in [1.165, 1.54) is 0 Å². The maximum atomic E-state index is 11.7. The highest BCUT2D eigenvalue weighted by Crippen LogP contribution is 2.15. The Labute approximate surface area is 130 Å². The lowest BCUT2D eigenvalue weighted by atomic mass is 10.1. The molecule has 0 aliphatic heterocycles. The molecule has 1 atom stereocenters. The van der Waals surface area contributed by atoms with Gasteiger partial charge in [-0.05, 0) is 51.3 Å². The highest BCUT2D eigenvalue weighted by molar-refractivity contribution is 5.80. The van der Waals surface area contributed by atoms with Crippen LogP contribution in [0.3, 0.4) is 0 Å². The van der Waals surface area contributed by atoms with Gasteiger partial charge in [0, 0.05) is 0 Å². The first-order valence-corrected chi connectivity index (χ1v) is 7.06. The van der Waals surface area contributed by atoms with E-state index in [9.17, 15) is 14.7 Å². The van der Waals surface area contributed by atoms with Crippen molar-refractivity contribution < 1.29 is 24.2 Å². The van der Waals surface area contributed by atoms with E-state index in [2.05, 4.69) is 5.32 Å². The lowest BCUT2D eigenvalue weighted by molar-refractivity contribution is -0.139. The quantitative estimate of drug-likeness (QED) is 0.843. The van der Waals surface area contributed by atoms with E-state index in [-0.39, 0.29) is 6.42 Å².